The van der Waals surface area contributed by atoms with Gasteiger partial charge >= 0.3 is 0 Å². The van der Waals surface area contributed by atoms with E-state index in [9.17, 15) is 4.79 Å². The van der Waals surface area contributed by atoms with Gasteiger partial charge in [-0.25, -0.2) is 4.98 Å². The molecular weight excluding hydrogens is 328 g/mol. The SMILES string of the molecule is Cc1cccc(OCCCNC(=O)c2cc(C)nc3c2c(C)nn3C)c1. The van der Waals surface area contributed by atoms with E-state index in [1.54, 1.807) is 4.68 Å². The maximum absolute atomic E-state index is 12.6. The van der Waals surface area contributed by atoms with Gasteiger partial charge in [0.05, 0.1) is 23.3 Å². The van der Waals surface area contributed by atoms with Gasteiger partial charge in [0, 0.05) is 19.3 Å². The fraction of sp³-hybridized carbons (Fsp3) is 0.350. The Balaban J connectivity index is 1.59. The van der Waals surface area contributed by atoms with E-state index in [0.717, 1.165) is 34.6 Å². The van der Waals surface area contributed by atoms with Crippen LogP contribution in [0.25, 0.3) is 11.0 Å². The number of hydrogen-bond donors (Lipinski definition) is 1. The number of carbonyl (C=O) groups is 1. The molecule has 6 nitrogen and oxygen atoms in total. The number of hydrogen-bond acceptors (Lipinski definition) is 4. The molecule has 0 aliphatic heterocycles. The molecule has 0 atom stereocenters. The van der Waals surface area contributed by atoms with Crippen molar-refractivity contribution in [1.82, 2.24) is 20.1 Å². The lowest BCUT2D eigenvalue weighted by atomic mass is 10.1. The summed E-state index contributed by atoms with van der Waals surface area (Å²) in [6.07, 6.45) is 0.735. The van der Waals surface area contributed by atoms with Crippen molar-refractivity contribution in [1.29, 1.82) is 0 Å². The number of ether oxygens (including phenoxy) is 1. The lowest BCUT2D eigenvalue weighted by Crippen LogP contribution is -2.26. The molecule has 0 fully saturated rings. The first kappa shape index (κ1) is 17.9. The summed E-state index contributed by atoms with van der Waals surface area (Å²) in [4.78, 5) is 17.1. The van der Waals surface area contributed by atoms with Gasteiger partial charge in [-0.05, 0) is 51.0 Å². The smallest absolute Gasteiger partial charge is 0.252 e. The van der Waals surface area contributed by atoms with Crippen LogP contribution in [0.5, 0.6) is 5.75 Å². The summed E-state index contributed by atoms with van der Waals surface area (Å²) in [5, 5.41) is 8.16. The number of pyridine rings is 1. The molecule has 0 aliphatic carbocycles. The van der Waals surface area contributed by atoms with Crippen LogP contribution >= 0.6 is 0 Å². The molecular formula is C20H24N4O2. The van der Waals surface area contributed by atoms with Crippen molar-refractivity contribution in [3.8, 4) is 5.75 Å². The van der Waals surface area contributed by atoms with Gasteiger partial charge in [-0.3, -0.25) is 9.48 Å². The number of benzene rings is 1. The minimum Gasteiger partial charge on any atom is -0.494 e. The topological polar surface area (TPSA) is 69.0 Å². The summed E-state index contributed by atoms with van der Waals surface area (Å²) < 4.78 is 7.42. The largest absolute Gasteiger partial charge is 0.494 e. The van der Waals surface area contributed by atoms with Crippen LogP contribution in [0.2, 0.25) is 0 Å². The van der Waals surface area contributed by atoms with Crippen LogP contribution in [0.15, 0.2) is 30.3 Å². The predicted molar refractivity (Wildman–Crippen MR) is 102 cm³/mol. The van der Waals surface area contributed by atoms with Gasteiger partial charge in [0.2, 0.25) is 0 Å². The summed E-state index contributed by atoms with van der Waals surface area (Å²) in [5.41, 5.74) is 4.13. The van der Waals surface area contributed by atoms with E-state index in [1.165, 1.54) is 5.56 Å². The molecule has 6 heteroatoms. The van der Waals surface area contributed by atoms with Crippen molar-refractivity contribution in [2.45, 2.75) is 27.2 Å². The third kappa shape index (κ3) is 3.85. The number of nitrogens with zero attached hydrogens (tertiary/aromatic N) is 3. The highest BCUT2D eigenvalue weighted by atomic mass is 16.5. The van der Waals surface area contributed by atoms with Crippen LogP contribution < -0.4 is 10.1 Å². The molecule has 2 aromatic heterocycles. The second kappa shape index (κ2) is 7.56. The first-order chi connectivity index (χ1) is 12.5. The van der Waals surface area contributed by atoms with Crippen molar-refractivity contribution in [3.05, 3.63) is 52.8 Å². The van der Waals surface area contributed by atoms with Crippen LogP contribution in [0.3, 0.4) is 0 Å². The molecule has 0 saturated carbocycles. The molecule has 3 rings (SSSR count). The number of amides is 1. The lowest BCUT2D eigenvalue weighted by molar-refractivity contribution is 0.0953. The average molecular weight is 352 g/mol. The maximum atomic E-state index is 12.6. The quantitative estimate of drug-likeness (QED) is 0.692. The highest BCUT2D eigenvalue weighted by Gasteiger charge is 2.17. The van der Waals surface area contributed by atoms with Gasteiger partial charge < -0.3 is 10.1 Å². The van der Waals surface area contributed by atoms with Crippen molar-refractivity contribution >= 4 is 16.9 Å². The number of carbonyl (C=O) groups excluding carboxylic acids is 1. The molecule has 0 saturated heterocycles. The third-order valence-corrected chi connectivity index (χ3v) is 4.21. The first-order valence-corrected chi connectivity index (χ1v) is 8.74. The zero-order chi connectivity index (χ0) is 18.7. The highest BCUT2D eigenvalue weighted by molar-refractivity contribution is 6.06. The Labute approximate surface area is 153 Å². The molecule has 0 aliphatic rings. The van der Waals surface area contributed by atoms with Gasteiger partial charge in [-0.15, -0.1) is 0 Å². The van der Waals surface area contributed by atoms with Crippen LogP contribution in [0, 0.1) is 20.8 Å². The van der Waals surface area contributed by atoms with Gasteiger partial charge in [-0.1, -0.05) is 12.1 Å². The Morgan fingerprint density at radius 3 is 2.81 bits per heavy atom. The van der Waals surface area contributed by atoms with Gasteiger partial charge in [-0.2, -0.15) is 5.10 Å². The summed E-state index contributed by atoms with van der Waals surface area (Å²) in [6, 6.07) is 9.76. The van der Waals surface area contributed by atoms with Crippen LogP contribution in [0.4, 0.5) is 0 Å². The Bertz CT molecular complexity index is 946. The second-order valence-corrected chi connectivity index (χ2v) is 6.49. The molecule has 0 unspecified atom stereocenters. The fourth-order valence-corrected chi connectivity index (χ4v) is 3.01. The molecule has 0 bridgehead atoms. The average Bonchev–Trinajstić information content (AvgIpc) is 2.88. The third-order valence-electron chi connectivity index (χ3n) is 4.21. The number of nitrogens with one attached hydrogen (secondary N) is 1. The zero-order valence-corrected chi connectivity index (χ0v) is 15.7. The molecule has 0 spiro atoms. The maximum Gasteiger partial charge on any atom is 0.252 e. The molecule has 136 valence electrons. The minimum absolute atomic E-state index is 0.104. The van der Waals surface area contributed by atoms with E-state index in [1.807, 2.05) is 58.2 Å². The van der Waals surface area contributed by atoms with E-state index < -0.39 is 0 Å². The van der Waals surface area contributed by atoms with Crippen molar-refractivity contribution < 1.29 is 9.53 Å². The summed E-state index contributed by atoms with van der Waals surface area (Å²) in [5.74, 6) is 0.751. The lowest BCUT2D eigenvalue weighted by Gasteiger charge is -2.09. The van der Waals surface area contributed by atoms with Crippen LogP contribution in [0.1, 0.15) is 33.7 Å². The molecule has 3 aromatic rings. The Morgan fingerprint density at radius 2 is 2.04 bits per heavy atom. The molecule has 1 amide bonds. The zero-order valence-electron chi connectivity index (χ0n) is 15.7. The van der Waals surface area contributed by atoms with Crippen LogP contribution in [-0.4, -0.2) is 33.8 Å². The van der Waals surface area contributed by atoms with Gasteiger partial charge in [0.25, 0.3) is 5.91 Å². The minimum atomic E-state index is -0.104. The highest BCUT2D eigenvalue weighted by Crippen LogP contribution is 2.21. The van der Waals surface area contributed by atoms with E-state index in [4.69, 9.17) is 4.74 Å². The van der Waals surface area contributed by atoms with Crippen molar-refractivity contribution in [2.75, 3.05) is 13.2 Å². The first-order valence-electron chi connectivity index (χ1n) is 8.74. The Kier molecular flexibility index (Phi) is 5.21. The fourth-order valence-electron chi connectivity index (χ4n) is 3.01. The standard InChI is InChI=1S/C20H24N4O2/c1-13-7-5-8-16(11-13)26-10-6-9-21-20(25)17-12-14(2)22-19-18(17)15(3)23-24(19)4/h5,7-8,11-12H,6,9-10H2,1-4H3,(H,21,25). The molecule has 0 radical (unpaired) electrons. The number of aromatic nitrogens is 3. The monoisotopic (exact) mass is 352 g/mol. The van der Waals surface area contributed by atoms with Crippen LogP contribution in [-0.2, 0) is 7.05 Å². The predicted octanol–water partition coefficient (Wildman–Crippen LogP) is 3.09. The molecule has 1 aromatic carbocycles. The van der Waals surface area contributed by atoms with E-state index in [0.29, 0.717) is 18.7 Å². The number of rotatable bonds is 6. The molecule has 26 heavy (non-hydrogen) atoms. The summed E-state index contributed by atoms with van der Waals surface area (Å²) in [6.45, 7) is 6.91. The summed E-state index contributed by atoms with van der Waals surface area (Å²) >= 11 is 0. The van der Waals surface area contributed by atoms with E-state index in [-0.39, 0.29) is 5.91 Å². The number of aryl methyl sites for hydroxylation is 4. The van der Waals surface area contributed by atoms with Crippen molar-refractivity contribution in [2.24, 2.45) is 7.05 Å². The van der Waals surface area contributed by atoms with E-state index >= 15 is 0 Å². The normalized spacial score (nSPS) is 10.9. The molecule has 1 N–H and O–H groups in total. The number of fused-ring (bicyclic) bond motifs is 1. The Morgan fingerprint density at radius 1 is 1.23 bits per heavy atom. The van der Waals surface area contributed by atoms with Crippen molar-refractivity contribution in [3.63, 3.8) is 0 Å². The second-order valence-electron chi connectivity index (χ2n) is 6.49. The van der Waals surface area contributed by atoms with Gasteiger partial charge in [0.15, 0.2) is 5.65 Å². The van der Waals surface area contributed by atoms with E-state index in [2.05, 4.69) is 15.4 Å². The molecule has 2 heterocycles. The van der Waals surface area contributed by atoms with Gasteiger partial charge in [0.1, 0.15) is 5.75 Å². The summed E-state index contributed by atoms with van der Waals surface area (Å²) in [7, 11) is 1.84. The Hall–Kier alpha value is -2.89.